The number of fused-ring (bicyclic) bond motifs is 1. The Bertz CT molecular complexity index is 653. The van der Waals surface area contributed by atoms with E-state index in [9.17, 15) is 8.42 Å². The average molecular weight is 265 g/mol. The first kappa shape index (κ1) is 13.1. The predicted molar refractivity (Wildman–Crippen MR) is 75.6 cm³/mol. The summed E-state index contributed by atoms with van der Waals surface area (Å²) >= 11 is 0. The van der Waals surface area contributed by atoms with Gasteiger partial charge in [-0.15, -0.1) is 0 Å². The molecule has 0 bridgehead atoms. The summed E-state index contributed by atoms with van der Waals surface area (Å²) in [4.78, 5) is 0. The third-order valence-corrected chi connectivity index (χ3v) is 5.55. The van der Waals surface area contributed by atoms with E-state index in [0.717, 1.165) is 5.52 Å². The lowest BCUT2D eigenvalue weighted by Crippen LogP contribution is -2.20. The Kier molecular flexibility index (Phi) is 3.48. The van der Waals surface area contributed by atoms with Crippen LogP contribution in [0.5, 0.6) is 0 Å². The van der Waals surface area contributed by atoms with Crippen molar-refractivity contribution in [1.82, 2.24) is 4.57 Å². The van der Waals surface area contributed by atoms with E-state index in [1.807, 2.05) is 29.0 Å². The number of hydrogen-bond acceptors (Lipinski definition) is 2. The fourth-order valence-electron chi connectivity index (χ4n) is 2.03. The average Bonchev–Trinajstić information content (AvgIpc) is 2.71. The monoisotopic (exact) mass is 265 g/mol. The van der Waals surface area contributed by atoms with Crippen molar-refractivity contribution in [3.8, 4) is 0 Å². The van der Waals surface area contributed by atoms with Gasteiger partial charge < -0.3 is 4.57 Å². The van der Waals surface area contributed by atoms with Gasteiger partial charge in [0.05, 0.1) is 11.0 Å². The molecule has 1 aromatic carbocycles. The van der Waals surface area contributed by atoms with Gasteiger partial charge in [-0.1, -0.05) is 12.1 Å². The summed E-state index contributed by atoms with van der Waals surface area (Å²) in [6, 6.07) is 8.15. The molecule has 0 saturated heterocycles. The summed E-state index contributed by atoms with van der Waals surface area (Å²) in [7, 11) is -2.97. The zero-order chi connectivity index (χ0) is 13.3. The molecule has 0 spiro atoms. The molecule has 0 aliphatic rings. The van der Waals surface area contributed by atoms with Crippen molar-refractivity contribution in [2.75, 3.05) is 5.75 Å². The first-order chi connectivity index (χ1) is 8.42. The van der Waals surface area contributed by atoms with Gasteiger partial charge in [0.2, 0.25) is 0 Å². The Balaban J connectivity index is 2.26. The minimum Gasteiger partial charge on any atom is -0.346 e. The lowest BCUT2D eigenvalue weighted by Gasteiger charge is -2.09. The second-order valence-corrected chi connectivity index (χ2v) is 7.61. The van der Waals surface area contributed by atoms with Gasteiger partial charge in [0.1, 0.15) is 0 Å². The first-order valence-corrected chi connectivity index (χ1v) is 7.89. The van der Waals surface area contributed by atoms with E-state index in [2.05, 4.69) is 13.0 Å². The molecule has 98 valence electrons. The predicted octanol–water partition coefficient (Wildman–Crippen LogP) is 2.77. The maximum atomic E-state index is 11.8. The van der Waals surface area contributed by atoms with Gasteiger partial charge >= 0.3 is 0 Å². The van der Waals surface area contributed by atoms with Crippen molar-refractivity contribution < 1.29 is 8.42 Å². The third-order valence-electron chi connectivity index (χ3n) is 3.37. The summed E-state index contributed by atoms with van der Waals surface area (Å²) in [6.45, 7) is 6.05. The smallest absolute Gasteiger partial charge is 0.154 e. The molecule has 0 atom stereocenters. The molecule has 1 heterocycles. The second kappa shape index (κ2) is 4.76. The Morgan fingerprint density at radius 1 is 1.22 bits per heavy atom. The standard InChI is InChI=1S/C14H19NO2S/c1-11(2)18(16,17)10-9-15-8-7-13-12(3)5-4-6-14(13)15/h4-8,11H,9-10H2,1-3H3. The maximum Gasteiger partial charge on any atom is 0.154 e. The van der Waals surface area contributed by atoms with Gasteiger partial charge in [-0.2, -0.15) is 0 Å². The molecule has 2 rings (SSSR count). The van der Waals surface area contributed by atoms with Gasteiger partial charge in [-0.25, -0.2) is 8.42 Å². The molecular weight excluding hydrogens is 246 g/mol. The molecule has 0 N–H and O–H groups in total. The molecule has 3 nitrogen and oxygen atoms in total. The molecule has 2 aromatic rings. The Labute approximate surface area is 108 Å². The van der Waals surface area contributed by atoms with Crippen molar-refractivity contribution >= 4 is 20.7 Å². The Morgan fingerprint density at radius 3 is 2.61 bits per heavy atom. The van der Waals surface area contributed by atoms with E-state index < -0.39 is 9.84 Å². The number of nitrogens with zero attached hydrogens (tertiary/aromatic N) is 1. The minimum atomic E-state index is -2.97. The number of benzene rings is 1. The highest BCUT2D eigenvalue weighted by molar-refractivity contribution is 7.91. The highest BCUT2D eigenvalue weighted by Gasteiger charge is 2.16. The van der Waals surface area contributed by atoms with Crippen molar-refractivity contribution in [1.29, 1.82) is 0 Å². The van der Waals surface area contributed by atoms with Crippen LogP contribution < -0.4 is 0 Å². The highest BCUT2D eigenvalue weighted by Crippen LogP contribution is 2.19. The normalized spacial score (nSPS) is 12.4. The van der Waals surface area contributed by atoms with Crippen LogP contribution in [-0.4, -0.2) is 24.0 Å². The van der Waals surface area contributed by atoms with Gasteiger partial charge in [-0.3, -0.25) is 0 Å². The SMILES string of the molecule is Cc1cccc2c1ccn2CCS(=O)(=O)C(C)C. The minimum absolute atomic E-state index is 0.197. The fraction of sp³-hybridized carbons (Fsp3) is 0.429. The van der Waals surface area contributed by atoms with Crippen molar-refractivity contribution in [3.63, 3.8) is 0 Å². The largest absolute Gasteiger partial charge is 0.346 e. The lowest BCUT2D eigenvalue weighted by molar-refractivity contribution is 0.581. The molecule has 0 unspecified atom stereocenters. The van der Waals surface area contributed by atoms with Crippen LogP contribution >= 0.6 is 0 Å². The second-order valence-electron chi connectivity index (χ2n) is 4.93. The molecule has 0 amide bonds. The van der Waals surface area contributed by atoms with Crippen LogP contribution in [0.25, 0.3) is 10.9 Å². The zero-order valence-electron chi connectivity index (χ0n) is 11.1. The van der Waals surface area contributed by atoms with E-state index in [1.165, 1.54) is 10.9 Å². The van der Waals surface area contributed by atoms with Crippen LogP contribution in [0, 0.1) is 6.92 Å². The lowest BCUT2D eigenvalue weighted by atomic mass is 10.1. The van der Waals surface area contributed by atoms with Crippen LogP contribution in [0.15, 0.2) is 30.5 Å². The van der Waals surface area contributed by atoms with Gasteiger partial charge in [0, 0.05) is 23.6 Å². The molecule has 0 aliphatic carbocycles. The Morgan fingerprint density at radius 2 is 1.94 bits per heavy atom. The number of hydrogen-bond donors (Lipinski definition) is 0. The number of rotatable bonds is 4. The molecule has 0 radical (unpaired) electrons. The molecule has 18 heavy (non-hydrogen) atoms. The summed E-state index contributed by atoms with van der Waals surface area (Å²) in [5.74, 6) is 0.197. The van der Waals surface area contributed by atoms with Gasteiger partial charge in [0.25, 0.3) is 0 Å². The Hall–Kier alpha value is -1.29. The third kappa shape index (κ3) is 2.43. The summed E-state index contributed by atoms with van der Waals surface area (Å²) < 4.78 is 25.6. The first-order valence-electron chi connectivity index (χ1n) is 6.18. The molecule has 0 fully saturated rings. The number of aromatic nitrogens is 1. The van der Waals surface area contributed by atoms with Crippen LogP contribution in [-0.2, 0) is 16.4 Å². The summed E-state index contributed by atoms with van der Waals surface area (Å²) in [5.41, 5.74) is 2.33. The number of sulfone groups is 1. The van der Waals surface area contributed by atoms with E-state index in [1.54, 1.807) is 13.8 Å². The highest BCUT2D eigenvalue weighted by atomic mass is 32.2. The van der Waals surface area contributed by atoms with Crippen LogP contribution in [0.3, 0.4) is 0 Å². The van der Waals surface area contributed by atoms with Gasteiger partial charge in [0.15, 0.2) is 9.84 Å². The quantitative estimate of drug-likeness (QED) is 0.852. The summed E-state index contributed by atoms with van der Waals surface area (Å²) in [6.07, 6.45) is 1.97. The fourth-order valence-corrected chi connectivity index (χ4v) is 2.96. The van der Waals surface area contributed by atoms with Crippen LogP contribution in [0.2, 0.25) is 0 Å². The maximum absolute atomic E-state index is 11.8. The molecule has 0 saturated carbocycles. The zero-order valence-corrected chi connectivity index (χ0v) is 11.9. The van der Waals surface area contributed by atoms with Crippen molar-refractivity contribution in [2.24, 2.45) is 0 Å². The summed E-state index contributed by atoms with van der Waals surface area (Å²) in [5, 5.41) is 0.889. The molecule has 4 heteroatoms. The molecular formula is C14H19NO2S. The van der Waals surface area contributed by atoms with Crippen molar-refractivity contribution in [3.05, 3.63) is 36.0 Å². The van der Waals surface area contributed by atoms with E-state index >= 15 is 0 Å². The van der Waals surface area contributed by atoms with Crippen LogP contribution in [0.1, 0.15) is 19.4 Å². The molecule has 0 aliphatic heterocycles. The van der Waals surface area contributed by atoms with E-state index in [4.69, 9.17) is 0 Å². The van der Waals surface area contributed by atoms with E-state index in [0.29, 0.717) is 6.54 Å². The number of aryl methyl sites for hydroxylation is 2. The van der Waals surface area contributed by atoms with Crippen LogP contribution in [0.4, 0.5) is 0 Å². The topological polar surface area (TPSA) is 39.1 Å². The van der Waals surface area contributed by atoms with E-state index in [-0.39, 0.29) is 11.0 Å². The molecule has 1 aromatic heterocycles. The van der Waals surface area contributed by atoms with Gasteiger partial charge in [-0.05, 0) is 38.5 Å². The van der Waals surface area contributed by atoms with Crippen molar-refractivity contribution in [2.45, 2.75) is 32.6 Å².